The molecule has 0 bridgehead atoms. The molecule has 2 heterocycles. The molecule has 3 aromatic rings. The van der Waals surface area contributed by atoms with Crippen LogP contribution in [0.3, 0.4) is 0 Å². The van der Waals surface area contributed by atoms with E-state index in [0.29, 0.717) is 12.1 Å². The first kappa shape index (κ1) is 16.5. The SMILES string of the molecule is CSc1ccc(NC(=O)c2cc(C)n(Cc3ccco3)c2C)cc1. The zero-order valence-corrected chi connectivity index (χ0v) is 14.8. The van der Waals surface area contributed by atoms with Gasteiger partial charge in [0, 0.05) is 22.0 Å². The lowest BCUT2D eigenvalue weighted by Crippen LogP contribution is -2.13. The van der Waals surface area contributed by atoms with E-state index in [2.05, 4.69) is 9.88 Å². The topological polar surface area (TPSA) is 47.2 Å². The third kappa shape index (κ3) is 3.41. The minimum atomic E-state index is -0.0919. The summed E-state index contributed by atoms with van der Waals surface area (Å²) < 4.78 is 7.50. The molecule has 2 aromatic heterocycles. The monoisotopic (exact) mass is 340 g/mol. The maximum Gasteiger partial charge on any atom is 0.257 e. The number of carbonyl (C=O) groups excluding carboxylic acids is 1. The molecule has 0 radical (unpaired) electrons. The summed E-state index contributed by atoms with van der Waals surface area (Å²) >= 11 is 1.68. The molecule has 0 aliphatic carbocycles. The molecular weight excluding hydrogens is 320 g/mol. The van der Waals surface area contributed by atoms with Crippen molar-refractivity contribution in [2.75, 3.05) is 11.6 Å². The van der Waals surface area contributed by atoms with Gasteiger partial charge in [0.25, 0.3) is 5.91 Å². The fourth-order valence-electron chi connectivity index (χ4n) is 2.71. The molecule has 0 atom stereocenters. The van der Waals surface area contributed by atoms with Crippen molar-refractivity contribution in [3.05, 3.63) is 71.4 Å². The van der Waals surface area contributed by atoms with Gasteiger partial charge < -0.3 is 14.3 Å². The second-order valence-electron chi connectivity index (χ2n) is 5.63. The van der Waals surface area contributed by atoms with E-state index in [0.717, 1.165) is 22.8 Å². The minimum Gasteiger partial charge on any atom is -0.467 e. The molecule has 0 fully saturated rings. The lowest BCUT2D eigenvalue weighted by atomic mass is 10.2. The normalized spacial score (nSPS) is 10.8. The summed E-state index contributed by atoms with van der Waals surface area (Å²) in [5, 5.41) is 2.96. The van der Waals surface area contributed by atoms with Crippen LogP contribution in [0.15, 0.2) is 58.0 Å². The van der Waals surface area contributed by atoms with Gasteiger partial charge in [0.2, 0.25) is 0 Å². The van der Waals surface area contributed by atoms with Crippen LogP contribution in [0.5, 0.6) is 0 Å². The maximum absolute atomic E-state index is 12.6. The second-order valence-corrected chi connectivity index (χ2v) is 6.51. The number of nitrogens with one attached hydrogen (secondary N) is 1. The summed E-state index contributed by atoms with van der Waals surface area (Å²) in [6.07, 6.45) is 3.69. The Labute approximate surface area is 145 Å². The molecule has 24 heavy (non-hydrogen) atoms. The zero-order chi connectivity index (χ0) is 17.1. The number of furan rings is 1. The zero-order valence-electron chi connectivity index (χ0n) is 14.0. The highest BCUT2D eigenvalue weighted by Gasteiger charge is 2.16. The van der Waals surface area contributed by atoms with Crippen molar-refractivity contribution in [3.8, 4) is 0 Å². The fraction of sp³-hybridized carbons (Fsp3) is 0.211. The van der Waals surface area contributed by atoms with Gasteiger partial charge in [0.05, 0.1) is 18.4 Å². The molecule has 0 spiro atoms. The highest BCUT2D eigenvalue weighted by molar-refractivity contribution is 7.98. The third-order valence-electron chi connectivity index (χ3n) is 4.06. The van der Waals surface area contributed by atoms with E-state index < -0.39 is 0 Å². The first-order valence-electron chi connectivity index (χ1n) is 7.73. The average molecular weight is 340 g/mol. The number of hydrogen-bond donors (Lipinski definition) is 1. The molecular formula is C19H20N2O2S. The summed E-state index contributed by atoms with van der Waals surface area (Å²) in [6, 6.07) is 13.6. The molecule has 1 aromatic carbocycles. The molecule has 3 rings (SSSR count). The predicted molar refractivity (Wildman–Crippen MR) is 97.9 cm³/mol. The van der Waals surface area contributed by atoms with E-state index in [1.165, 1.54) is 4.90 Å². The van der Waals surface area contributed by atoms with Gasteiger partial charge in [0.1, 0.15) is 5.76 Å². The number of benzene rings is 1. The second kappa shape index (κ2) is 7.01. The maximum atomic E-state index is 12.6. The van der Waals surface area contributed by atoms with E-state index >= 15 is 0 Å². The third-order valence-corrected chi connectivity index (χ3v) is 4.80. The Morgan fingerprint density at radius 1 is 1.21 bits per heavy atom. The van der Waals surface area contributed by atoms with Gasteiger partial charge in [-0.15, -0.1) is 11.8 Å². The number of aromatic nitrogens is 1. The summed E-state index contributed by atoms with van der Waals surface area (Å²) in [5.41, 5.74) is 3.45. The van der Waals surface area contributed by atoms with Gasteiger partial charge in [-0.25, -0.2) is 0 Å². The fourth-order valence-corrected chi connectivity index (χ4v) is 3.11. The van der Waals surface area contributed by atoms with Crippen molar-refractivity contribution >= 4 is 23.4 Å². The molecule has 0 saturated carbocycles. The molecule has 124 valence electrons. The Hall–Kier alpha value is -2.40. The molecule has 0 aliphatic rings. The standard InChI is InChI=1S/C19H20N2O2S/c1-13-11-18(14(2)21(13)12-16-5-4-10-23-16)19(22)20-15-6-8-17(24-3)9-7-15/h4-11H,12H2,1-3H3,(H,20,22). The van der Waals surface area contributed by atoms with Crippen molar-refractivity contribution in [2.45, 2.75) is 25.3 Å². The van der Waals surface area contributed by atoms with Crippen LogP contribution in [-0.4, -0.2) is 16.7 Å². The number of anilines is 1. The van der Waals surface area contributed by atoms with Crippen LogP contribution in [-0.2, 0) is 6.54 Å². The van der Waals surface area contributed by atoms with Crippen molar-refractivity contribution < 1.29 is 9.21 Å². The molecule has 0 aliphatic heterocycles. The number of nitrogens with zero attached hydrogens (tertiary/aromatic N) is 1. The number of aryl methyl sites for hydroxylation is 1. The van der Waals surface area contributed by atoms with Gasteiger partial charge in [-0.05, 0) is 62.6 Å². The Morgan fingerprint density at radius 2 is 1.96 bits per heavy atom. The first-order chi connectivity index (χ1) is 11.6. The summed E-state index contributed by atoms with van der Waals surface area (Å²) in [5.74, 6) is 0.780. The van der Waals surface area contributed by atoms with Crippen LogP contribution >= 0.6 is 11.8 Å². The van der Waals surface area contributed by atoms with E-state index in [1.54, 1.807) is 18.0 Å². The molecule has 1 N–H and O–H groups in total. The largest absolute Gasteiger partial charge is 0.467 e. The van der Waals surface area contributed by atoms with Gasteiger partial charge >= 0.3 is 0 Å². The van der Waals surface area contributed by atoms with Crippen LogP contribution in [0.1, 0.15) is 27.5 Å². The Kier molecular flexibility index (Phi) is 4.81. The van der Waals surface area contributed by atoms with Gasteiger partial charge in [-0.2, -0.15) is 0 Å². The lowest BCUT2D eigenvalue weighted by Gasteiger charge is -2.09. The molecule has 0 saturated heterocycles. The number of rotatable bonds is 5. The predicted octanol–water partition coefficient (Wildman–Crippen LogP) is 4.72. The van der Waals surface area contributed by atoms with E-state index in [4.69, 9.17) is 4.42 Å². The number of amides is 1. The van der Waals surface area contributed by atoms with Crippen LogP contribution < -0.4 is 5.32 Å². The Balaban J connectivity index is 1.79. The van der Waals surface area contributed by atoms with Crippen molar-refractivity contribution in [2.24, 2.45) is 0 Å². The van der Waals surface area contributed by atoms with Crippen LogP contribution in [0.4, 0.5) is 5.69 Å². The number of thioether (sulfide) groups is 1. The van der Waals surface area contributed by atoms with E-state index in [9.17, 15) is 4.79 Å². The summed E-state index contributed by atoms with van der Waals surface area (Å²) in [4.78, 5) is 13.8. The van der Waals surface area contributed by atoms with Crippen molar-refractivity contribution in [1.82, 2.24) is 4.57 Å². The molecule has 4 nitrogen and oxygen atoms in total. The first-order valence-corrected chi connectivity index (χ1v) is 8.95. The van der Waals surface area contributed by atoms with Crippen molar-refractivity contribution in [3.63, 3.8) is 0 Å². The Morgan fingerprint density at radius 3 is 2.58 bits per heavy atom. The summed E-state index contributed by atoms with van der Waals surface area (Å²) in [7, 11) is 0. The minimum absolute atomic E-state index is 0.0919. The molecule has 5 heteroatoms. The smallest absolute Gasteiger partial charge is 0.257 e. The Bertz CT molecular complexity index is 833. The highest BCUT2D eigenvalue weighted by atomic mass is 32.2. The van der Waals surface area contributed by atoms with Gasteiger partial charge in [0.15, 0.2) is 0 Å². The number of hydrogen-bond acceptors (Lipinski definition) is 3. The van der Waals surface area contributed by atoms with Gasteiger partial charge in [-0.1, -0.05) is 0 Å². The van der Waals surface area contributed by atoms with Crippen molar-refractivity contribution in [1.29, 1.82) is 0 Å². The molecule has 1 amide bonds. The highest BCUT2D eigenvalue weighted by Crippen LogP contribution is 2.21. The quantitative estimate of drug-likeness (QED) is 0.684. The van der Waals surface area contributed by atoms with Crippen LogP contribution in [0.2, 0.25) is 0 Å². The van der Waals surface area contributed by atoms with E-state index in [-0.39, 0.29) is 5.91 Å². The van der Waals surface area contributed by atoms with Crippen LogP contribution in [0, 0.1) is 13.8 Å². The summed E-state index contributed by atoms with van der Waals surface area (Å²) in [6.45, 7) is 4.59. The lowest BCUT2D eigenvalue weighted by molar-refractivity contribution is 0.102. The molecule has 0 unspecified atom stereocenters. The average Bonchev–Trinajstić information content (AvgIpc) is 3.19. The number of carbonyl (C=O) groups is 1. The van der Waals surface area contributed by atoms with Crippen LogP contribution in [0.25, 0.3) is 0 Å². The van der Waals surface area contributed by atoms with Gasteiger partial charge in [-0.3, -0.25) is 4.79 Å². The van der Waals surface area contributed by atoms with E-state index in [1.807, 2.05) is 62.6 Å².